The molecule has 0 saturated carbocycles. The molecule has 0 amide bonds. The standard InChI is InChI=1S/C14H10Cl2FN3O/c15-6-3-7-8(5-20-14(7)19-4-6)13(21)11-9(16)1-2-10(18)12(11)17/h1-5,13,21H,18H2,(H,19,20). The van der Waals surface area contributed by atoms with E-state index in [9.17, 15) is 9.50 Å². The van der Waals surface area contributed by atoms with E-state index in [-0.39, 0.29) is 16.3 Å². The van der Waals surface area contributed by atoms with Gasteiger partial charge in [-0.25, -0.2) is 9.37 Å². The van der Waals surface area contributed by atoms with Crippen molar-refractivity contribution in [2.24, 2.45) is 0 Å². The van der Waals surface area contributed by atoms with Crippen LogP contribution in [0.4, 0.5) is 10.1 Å². The second-order valence-corrected chi connectivity index (χ2v) is 5.40. The second-order valence-electron chi connectivity index (χ2n) is 4.56. The van der Waals surface area contributed by atoms with E-state index >= 15 is 0 Å². The van der Waals surface area contributed by atoms with Gasteiger partial charge in [-0.1, -0.05) is 23.2 Å². The zero-order chi connectivity index (χ0) is 15.1. The van der Waals surface area contributed by atoms with Crippen molar-refractivity contribution >= 4 is 39.9 Å². The van der Waals surface area contributed by atoms with Crippen molar-refractivity contribution in [3.05, 3.63) is 57.6 Å². The number of nitrogens with one attached hydrogen (secondary N) is 1. The highest BCUT2D eigenvalue weighted by Gasteiger charge is 2.23. The molecule has 4 nitrogen and oxygen atoms in total. The molecule has 1 aromatic carbocycles. The molecule has 0 aliphatic carbocycles. The molecule has 0 saturated heterocycles. The zero-order valence-electron chi connectivity index (χ0n) is 10.6. The van der Waals surface area contributed by atoms with Gasteiger partial charge in [0.15, 0.2) is 5.82 Å². The van der Waals surface area contributed by atoms with Crippen LogP contribution in [0.5, 0.6) is 0 Å². The first-order chi connectivity index (χ1) is 9.99. The van der Waals surface area contributed by atoms with Crippen molar-refractivity contribution in [3.8, 4) is 0 Å². The number of nitrogens with zero attached hydrogens (tertiary/aromatic N) is 1. The Morgan fingerprint density at radius 1 is 1.33 bits per heavy atom. The molecule has 2 heterocycles. The van der Waals surface area contributed by atoms with E-state index < -0.39 is 11.9 Å². The number of pyridine rings is 1. The number of aliphatic hydroxyl groups is 1. The fourth-order valence-electron chi connectivity index (χ4n) is 2.22. The fraction of sp³-hybridized carbons (Fsp3) is 0.0714. The number of aliphatic hydroxyl groups excluding tert-OH is 1. The molecule has 1 unspecified atom stereocenters. The van der Waals surface area contributed by atoms with Crippen LogP contribution in [-0.2, 0) is 0 Å². The number of H-pyrrole nitrogens is 1. The minimum atomic E-state index is -1.28. The number of hydrogen-bond acceptors (Lipinski definition) is 3. The molecule has 3 aromatic rings. The number of hydrogen-bond donors (Lipinski definition) is 3. The molecular formula is C14H10Cl2FN3O. The van der Waals surface area contributed by atoms with Gasteiger partial charge in [-0.3, -0.25) is 0 Å². The molecule has 21 heavy (non-hydrogen) atoms. The van der Waals surface area contributed by atoms with Crippen LogP contribution in [-0.4, -0.2) is 15.1 Å². The summed E-state index contributed by atoms with van der Waals surface area (Å²) in [6.45, 7) is 0. The summed E-state index contributed by atoms with van der Waals surface area (Å²) in [5, 5.41) is 11.6. The van der Waals surface area contributed by atoms with Crippen molar-refractivity contribution in [2.45, 2.75) is 6.10 Å². The lowest BCUT2D eigenvalue weighted by molar-refractivity contribution is 0.217. The van der Waals surface area contributed by atoms with Gasteiger partial charge in [-0.2, -0.15) is 0 Å². The number of nitrogens with two attached hydrogens (primary N) is 1. The number of aromatic amines is 1. The number of anilines is 1. The van der Waals surface area contributed by atoms with E-state index in [0.717, 1.165) is 0 Å². The van der Waals surface area contributed by atoms with E-state index in [0.29, 0.717) is 21.6 Å². The lowest BCUT2D eigenvalue weighted by atomic mass is 10.0. The maximum Gasteiger partial charge on any atom is 0.153 e. The Balaban J connectivity index is 2.19. The monoisotopic (exact) mass is 325 g/mol. The Morgan fingerprint density at radius 3 is 2.86 bits per heavy atom. The van der Waals surface area contributed by atoms with Crippen LogP contribution in [0.15, 0.2) is 30.6 Å². The smallest absolute Gasteiger partial charge is 0.153 e. The van der Waals surface area contributed by atoms with Crippen molar-refractivity contribution < 1.29 is 9.50 Å². The number of rotatable bonds is 2. The van der Waals surface area contributed by atoms with Gasteiger partial charge in [0.2, 0.25) is 0 Å². The second kappa shape index (κ2) is 5.18. The SMILES string of the molecule is Nc1ccc(Cl)c(C(O)c2c[nH]c3ncc(Cl)cc23)c1F. The highest BCUT2D eigenvalue weighted by molar-refractivity contribution is 6.31. The molecule has 2 aromatic heterocycles. The minimum Gasteiger partial charge on any atom is -0.396 e. The number of halogens is 3. The van der Waals surface area contributed by atoms with E-state index in [1.807, 2.05) is 0 Å². The molecule has 0 bridgehead atoms. The van der Waals surface area contributed by atoms with Gasteiger partial charge in [-0.15, -0.1) is 0 Å². The van der Waals surface area contributed by atoms with Gasteiger partial charge in [0.25, 0.3) is 0 Å². The lowest BCUT2D eigenvalue weighted by Crippen LogP contribution is -2.05. The maximum atomic E-state index is 14.2. The van der Waals surface area contributed by atoms with Gasteiger partial charge in [-0.05, 0) is 18.2 Å². The molecule has 0 radical (unpaired) electrons. The third-order valence-electron chi connectivity index (χ3n) is 3.25. The number of fused-ring (bicyclic) bond motifs is 1. The number of aromatic nitrogens is 2. The van der Waals surface area contributed by atoms with E-state index in [4.69, 9.17) is 28.9 Å². The topological polar surface area (TPSA) is 74.9 Å². The predicted molar refractivity (Wildman–Crippen MR) is 81.0 cm³/mol. The molecule has 3 rings (SSSR count). The van der Waals surface area contributed by atoms with Crippen molar-refractivity contribution in [1.82, 2.24) is 9.97 Å². The Hall–Kier alpha value is -1.82. The quantitative estimate of drug-likeness (QED) is 0.629. The molecule has 4 N–H and O–H groups in total. The van der Waals surface area contributed by atoms with Crippen molar-refractivity contribution in [3.63, 3.8) is 0 Å². The molecule has 108 valence electrons. The number of nitrogen functional groups attached to an aromatic ring is 1. The first-order valence-corrected chi connectivity index (χ1v) is 6.78. The van der Waals surface area contributed by atoms with E-state index in [1.165, 1.54) is 24.5 Å². The third-order valence-corrected chi connectivity index (χ3v) is 3.79. The predicted octanol–water partition coefficient (Wildman–Crippen LogP) is 3.67. The van der Waals surface area contributed by atoms with Gasteiger partial charge in [0.1, 0.15) is 11.8 Å². The molecule has 0 fully saturated rings. The molecule has 0 aliphatic heterocycles. The summed E-state index contributed by atoms with van der Waals surface area (Å²) in [6, 6.07) is 4.43. The van der Waals surface area contributed by atoms with Crippen molar-refractivity contribution in [2.75, 3.05) is 5.73 Å². The fourth-order valence-corrected chi connectivity index (χ4v) is 2.62. The zero-order valence-corrected chi connectivity index (χ0v) is 12.1. The highest BCUT2D eigenvalue weighted by Crippen LogP contribution is 2.36. The Labute approximate surface area is 129 Å². The summed E-state index contributed by atoms with van der Waals surface area (Å²) in [7, 11) is 0. The van der Waals surface area contributed by atoms with Gasteiger partial charge in [0, 0.05) is 33.9 Å². The summed E-state index contributed by atoms with van der Waals surface area (Å²) in [6.07, 6.45) is 1.73. The summed E-state index contributed by atoms with van der Waals surface area (Å²) >= 11 is 11.9. The molecule has 7 heteroatoms. The first kappa shape index (κ1) is 14.1. The summed E-state index contributed by atoms with van der Waals surface area (Å²) in [5.41, 5.74) is 6.34. The highest BCUT2D eigenvalue weighted by atomic mass is 35.5. The van der Waals surface area contributed by atoms with Crippen LogP contribution in [0, 0.1) is 5.82 Å². The first-order valence-electron chi connectivity index (χ1n) is 6.03. The Kier molecular flexibility index (Phi) is 3.49. The summed E-state index contributed by atoms with van der Waals surface area (Å²) in [4.78, 5) is 6.98. The molecule has 1 atom stereocenters. The molecule has 0 spiro atoms. The van der Waals surface area contributed by atoms with Crippen LogP contribution >= 0.6 is 23.2 Å². The molecule has 0 aliphatic rings. The van der Waals surface area contributed by atoms with Crippen LogP contribution in [0.2, 0.25) is 10.0 Å². The largest absolute Gasteiger partial charge is 0.396 e. The van der Waals surface area contributed by atoms with Crippen LogP contribution < -0.4 is 5.73 Å². The Morgan fingerprint density at radius 2 is 2.10 bits per heavy atom. The lowest BCUT2D eigenvalue weighted by Gasteiger charge is -2.14. The van der Waals surface area contributed by atoms with E-state index in [2.05, 4.69) is 9.97 Å². The Bertz CT molecular complexity index is 834. The van der Waals surface area contributed by atoms with Gasteiger partial charge in [0.05, 0.1) is 10.7 Å². The normalized spacial score (nSPS) is 12.8. The van der Waals surface area contributed by atoms with E-state index in [1.54, 1.807) is 6.07 Å². The van der Waals surface area contributed by atoms with Crippen LogP contribution in [0.1, 0.15) is 17.2 Å². The van der Waals surface area contributed by atoms with Crippen molar-refractivity contribution in [1.29, 1.82) is 0 Å². The van der Waals surface area contributed by atoms with Crippen LogP contribution in [0.25, 0.3) is 11.0 Å². The average Bonchev–Trinajstić information content (AvgIpc) is 2.86. The third kappa shape index (κ3) is 2.33. The molecular weight excluding hydrogens is 316 g/mol. The average molecular weight is 326 g/mol. The maximum absolute atomic E-state index is 14.2. The number of benzene rings is 1. The summed E-state index contributed by atoms with van der Waals surface area (Å²) < 4.78 is 14.2. The minimum absolute atomic E-state index is 0.0717. The van der Waals surface area contributed by atoms with Crippen LogP contribution in [0.3, 0.4) is 0 Å². The summed E-state index contributed by atoms with van der Waals surface area (Å²) in [5.74, 6) is -0.737. The van der Waals surface area contributed by atoms with Gasteiger partial charge >= 0.3 is 0 Å². The van der Waals surface area contributed by atoms with Gasteiger partial charge < -0.3 is 15.8 Å².